The van der Waals surface area contributed by atoms with Crippen LogP contribution in [0, 0.1) is 0 Å². The molecule has 3 nitrogen and oxygen atoms in total. The topological polar surface area (TPSA) is 32.7 Å². The number of rotatable bonds is 6. The normalized spacial score (nSPS) is 12.8. The Morgan fingerprint density at radius 3 is 2.65 bits per heavy atom. The van der Waals surface area contributed by atoms with Crippen LogP contribution < -0.4 is 4.74 Å². The zero-order valence-corrected chi connectivity index (χ0v) is 11.2. The minimum absolute atomic E-state index is 0.215. The van der Waals surface area contributed by atoms with Gasteiger partial charge in [-0.2, -0.15) is 0 Å². The summed E-state index contributed by atoms with van der Waals surface area (Å²) in [5, 5.41) is 9.96. The molecule has 1 N–H and O–H groups in total. The highest BCUT2D eigenvalue weighted by atomic mass is 16.5. The molecule has 0 saturated heterocycles. The molecule has 1 unspecified atom stereocenters. The zero-order chi connectivity index (χ0) is 12.8. The van der Waals surface area contributed by atoms with E-state index in [4.69, 9.17) is 4.74 Å². The number of ether oxygens (including phenoxy) is 1. The molecule has 1 aromatic carbocycles. The average molecular weight is 237 g/mol. The second kappa shape index (κ2) is 6.50. The average Bonchev–Trinajstić information content (AvgIpc) is 2.34. The summed E-state index contributed by atoms with van der Waals surface area (Å²) in [5.74, 6) is 0.995. The van der Waals surface area contributed by atoms with Gasteiger partial charge in [0, 0.05) is 17.7 Å². The molecule has 0 heterocycles. The molecular formula is C14H23NO2. The van der Waals surface area contributed by atoms with Gasteiger partial charge < -0.3 is 9.84 Å². The van der Waals surface area contributed by atoms with Crippen molar-refractivity contribution in [2.45, 2.75) is 32.7 Å². The van der Waals surface area contributed by atoms with E-state index >= 15 is 0 Å². The third kappa shape index (κ3) is 3.63. The summed E-state index contributed by atoms with van der Waals surface area (Å²) >= 11 is 0. The molecule has 96 valence electrons. The molecule has 0 saturated carbocycles. The maximum atomic E-state index is 9.96. The van der Waals surface area contributed by atoms with Crippen molar-refractivity contribution in [3.05, 3.63) is 23.8 Å². The molecule has 0 bridgehead atoms. The quantitative estimate of drug-likeness (QED) is 0.824. The molecular weight excluding hydrogens is 214 g/mol. The first-order valence-corrected chi connectivity index (χ1v) is 6.17. The van der Waals surface area contributed by atoms with Gasteiger partial charge in [-0.15, -0.1) is 0 Å². The minimum atomic E-state index is 0.215. The summed E-state index contributed by atoms with van der Waals surface area (Å²) in [4.78, 5) is 2.25. The molecule has 0 aliphatic heterocycles. The fourth-order valence-electron chi connectivity index (χ4n) is 1.84. The van der Waals surface area contributed by atoms with Gasteiger partial charge in [0.05, 0.1) is 7.11 Å². The number of aromatic hydroxyl groups is 1. The van der Waals surface area contributed by atoms with Crippen molar-refractivity contribution in [3.63, 3.8) is 0 Å². The number of methoxy groups -OCH3 is 1. The van der Waals surface area contributed by atoms with E-state index in [1.54, 1.807) is 13.2 Å². The van der Waals surface area contributed by atoms with Crippen LogP contribution in [-0.2, 0) is 0 Å². The van der Waals surface area contributed by atoms with Crippen molar-refractivity contribution in [3.8, 4) is 11.5 Å². The Morgan fingerprint density at radius 1 is 1.41 bits per heavy atom. The highest BCUT2D eigenvalue weighted by Gasteiger charge is 2.15. The molecule has 3 heteroatoms. The van der Waals surface area contributed by atoms with Crippen LogP contribution in [0.2, 0.25) is 0 Å². The minimum Gasteiger partial charge on any atom is -0.507 e. The van der Waals surface area contributed by atoms with Gasteiger partial charge in [0.2, 0.25) is 0 Å². The summed E-state index contributed by atoms with van der Waals surface area (Å²) in [6, 6.07) is 5.70. The van der Waals surface area contributed by atoms with Gasteiger partial charge in [-0.25, -0.2) is 0 Å². The summed E-state index contributed by atoms with van der Waals surface area (Å²) in [6.45, 7) is 5.34. The lowest BCUT2D eigenvalue weighted by Crippen LogP contribution is -2.23. The Bertz CT molecular complexity index is 352. The fraction of sp³-hybridized carbons (Fsp3) is 0.571. The maximum Gasteiger partial charge on any atom is 0.124 e. The van der Waals surface area contributed by atoms with Gasteiger partial charge in [0.15, 0.2) is 0 Å². The largest absolute Gasteiger partial charge is 0.507 e. The zero-order valence-electron chi connectivity index (χ0n) is 11.2. The lowest BCUT2D eigenvalue weighted by molar-refractivity contribution is 0.252. The molecule has 1 aromatic rings. The number of hydrogen-bond donors (Lipinski definition) is 1. The van der Waals surface area contributed by atoms with E-state index in [2.05, 4.69) is 25.8 Å². The molecule has 0 aromatic heterocycles. The molecule has 0 amide bonds. The predicted molar refractivity (Wildman–Crippen MR) is 70.6 cm³/mol. The highest BCUT2D eigenvalue weighted by Crippen LogP contribution is 2.30. The van der Waals surface area contributed by atoms with Crippen LogP contribution >= 0.6 is 0 Å². The molecule has 17 heavy (non-hydrogen) atoms. The van der Waals surface area contributed by atoms with Gasteiger partial charge in [-0.3, -0.25) is 4.90 Å². The van der Waals surface area contributed by atoms with Crippen LogP contribution in [0.25, 0.3) is 0 Å². The lowest BCUT2D eigenvalue weighted by Gasteiger charge is -2.25. The van der Waals surface area contributed by atoms with E-state index in [1.165, 1.54) is 12.8 Å². The van der Waals surface area contributed by atoms with E-state index in [0.29, 0.717) is 11.5 Å². The van der Waals surface area contributed by atoms with E-state index < -0.39 is 0 Å². The summed E-state index contributed by atoms with van der Waals surface area (Å²) < 4.78 is 5.08. The Hall–Kier alpha value is -1.22. The SMILES string of the molecule is CCCCN(C)C(C)c1ccc(OC)cc1O. The molecule has 0 aliphatic rings. The van der Waals surface area contributed by atoms with Gasteiger partial charge in [0.25, 0.3) is 0 Å². The Kier molecular flexibility index (Phi) is 5.29. The molecule has 1 atom stereocenters. The van der Waals surface area contributed by atoms with E-state index in [-0.39, 0.29) is 6.04 Å². The van der Waals surface area contributed by atoms with Gasteiger partial charge in [-0.05, 0) is 33.0 Å². The maximum absolute atomic E-state index is 9.96. The predicted octanol–water partition coefficient (Wildman–Crippen LogP) is 3.19. The Balaban J connectivity index is 2.77. The second-order valence-electron chi connectivity index (χ2n) is 4.43. The summed E-state index contributed by atoms with van der Waals surface area (Å²) in [6.07, 6.45) is 2.36. The fourth-order valence-corrected chi connectivity index (χ4v) is 1.84. The number of benzene rings is 1. The summed E-state index contributed by atoms with van der Waals surface area (Å²) in [5.41, 5.74) is 0.949. The van der Waals surface area contributed by atoms with Crippen molar-refractivity contribution >= 4 is 0 Å². The number of unbranched alkanes of at least 4 members (excludes halogenated alkanes) is 1. The molecule has 0 spiro atoms. The standard InChI is InChI=1S/C14H23NO2/c1-5-6-9-15(3)11(2)13-8-7-12(17-4)10-14(13)16/h7-8,10-11,16H,5-6,9H2,1-4H3. The Morgan fingerprint density at radius 2 is 2.12 bits per heavy atom. The lowest BCUT2D eigenvalue weighted by atomic mass is 10.1. The van der Waals surface area contributed by atoms with Crippen LogP contribution in [0.3, 0.4) is 0 Å². The Labute approximate surface area is 104 Å². The monoisotopic (exact) mass is 237 g/mol. The molecule has 1 rings (SSSR count). The number of phenols is 1. The van der Waals surface area contributed by atoms with Crippen molar-refractivity contribution < 1.29 is 9.84 Å². The molecule has 0 radical (unpaired) electrons. The van der Waals surface area contributed by atoms with Gasteiger partial charge in [0.1, 0.15) is 11.5 Å². The van der Waals surface area contributed by atoms with E-state index in [0.717, 1.165) is 12.1 Å². The number of phenolic OH excluding ortho intramolecular Hbond substituents is 1. The van der Waals surface area contributed by atoms with Crippen LogP contribution in [-0.4, -0.2) is 30.7 Å². The molecule has 0 fully saturated rings. The second-order valence-corrected chi connectivity index (χ2v) is 4.43. The van der Waals surface area contributed by atoms with Crippen LogP contribution in [0.4, 0.5) is 0 Å². The third-order valence-corrected chi connectivity index (χ3v) is 3.21. The molecule has 0 aliphatic carbocycles. The van der Waals surface area contributed by atoms with Gasteiger partial charge >= 0.3 is 0 Å². The highest BCUT2D eigenvalue weighted by molar-refractivity contribution is 5.41. The third-order valence-electron chi connectivity index (χ3n) is 3.21. The number of nitrogens with zero attached hydrogens (tertiary/aromatic N) is 1. The van der Waals surface area contributed by atoms with Gasteiger partial charge in [-0.1, -0.05) is 19.4 Å². The first-order chi connectivity index (χ1) is 8.10. The van der Waals surface area contributed by atoms with Crippen LogP contribution in [0.5, 0.6) is 11.5 Å². The van der Waals surface area contributed by atoms with Crippen molar-refractivity contribution in [1.82, 2.24) is 4.90 Å². The smallest absolute Gasteiger partial charge is 0.124 e. The van der Waals surface area contributed by atoms with E-state index in [9.17, 15) is 5.11 Å². The first-order valence-electron chi connectivity index (χ1n) is 6.17. The van der Waals surface area contributed by atoms with Crippen LogP contribution in [0.15, 0.2) is 18.2 Å². The van der Waals surface area contributed by atoms with Crippen molar-refractivity contribution in [2.24, 2.45) is 0 Å². The van der Waals surface area contributed by atoms with Crippen molar-refractivity contribution in [1.29, 1.82) is 0 Å². The van der Waals surface area contributed by atoms with Crippen LogP contribution in [0.1, 0.15) is 38.3 Å². The first kappa shape index (κ1) is 13.8. The summed E-state index contributed by atoms with van der Waals surface area (Å²) in [7, 11) is 3.69. The number of hydrogen-bond acceptors (Lipinski definition) is 3. The van der Waals surface area contributed by atoms with Crippen molar-refractivity contribution in [2.75, 3.05) is 20.7 Å². The van der Waals surface area contributed by atoms with E-state index in [1.807, 2.05) is 12.1 Å².